The summed E-state index contributed by atoms with van der Waals surface area (Å²) in [4.78, 5) is 15.5. The Kier molecular flexibility index (Phi) is 4.66. The first-order valence-corrected chi connectivity index (χ1v) is 10.5. The highest BCUT2D eigenvalue weighted by atomic mass is 16.6. The topological polar surface area (TPSA) is 59.2 Å². The maximum atomic E-state index is 13.5. The molecule has 1 atom stereocenters. The van der Waals surface area contributed by atoms with Crippen molar-refractivity contribution in [1.29, 1.82) is 0 Å². The Morgan fingerprint density at radius 1 is 1.03 bits per heavy atom. The molecule has 1 aromatic heterocycles. The summed E-state index contributed by atoms with van der Waals surface area (Å²) < 4.78 is 4.91. The second-order valence-electron chi connectivity index (χ2n) is 8.13. The molecule has 1 aliphatic heterocycles. The Labute approximate surface area is 170 Å². The molecule has 2 aromatic carbocycles. The normalized spacial score (nSPS) is 18.9. The molecule has 0 radical (unpaired) electrons. The minimum absolute atomic E-state index is 0.0231. The van der Waals surface area contributed by atoms with Crippen molar-refractivity contribution in [2.75, 3.05) is 6.54 Å². The molecule has 1 amide bonds. The predicted octanol–water partition coefficient (Wildman–Crippen LogP) is 4.36. The van der Waals surface area contributed by atoms with Gasteiger partial charge in [0.25, 0.3) is 0 Å². The van der Waals surface area contributed by atoms with Gasteiger partial charge < -0.3 is 4.90 Å². The predicted molar refractivity (Wildman–Crippen MR) is 109 cm³/mol. The molecule has 3 aromatic rings. The zero-order valence-corrected chi connectivity index (χ0v) is 16.7. The third-order valence-electron chi connectivity index (χ3n) is 6.48. The molecule has 1 fully saturated rings. The fourth-order valence-electron chi connectivity index (χ4n) is 5.04. The van der Waals surface area contributed by atoms with Crippen LogP contribution in [0.3, 0.4) is 0 Å². The molecule has 2 heterocycles. The minimum Gasteiger partial charge on any atom is -0.334 e. The molecule has 1 aliphatic carbocycles. The minimum atomic E-state index is -0.0231. The molecule has 0 N–H and O–H groups in total. The smallest absolute Gasteiger partial charge is 0.224 e. The number of amides is 1. The molecular weight excluding hydrogens is 362 g/mol. The Balaban J connectivity index is 1.48. The number of hydrogen-bond acceptors (Lipinski definition) is 4. The number of hydrogen-bond donors (Lipinski definition) is 0. The van der Waals surface area contributed by atoms with Crippen LogP contribution in [0.2, 0.25) is 0 Å². The van der Waals surface area contributed by atoms with Gasteiger partial charge in [0.1, 0.15) is 11.4 Å². The Hall–Kier alpha value is -2.95. The zero-order chi connectivity index (χ0) is 19.8. The molecule has 5 heteroatoms. The first-order chi connectivity index (χ1) is 14.2. The van der Waals surface area contributed by atoms with Crippen LogP contribution in [0.15, 0.2) is 53.2 Å². The van der Waals surface area contributed by atoms with Crippen molar-refractivity contribution >= 4 is 5.91 Å². The van der Waals surface area contributed by atoms with Crippen molar-refractivity contribution in [3.63, 3.8) is 0 Å². The Morgan fingerprint density at radius 2 is 1.69 bits per heavy atom. The Morgan fingerprint density at radius 3 is 2.31 bits per heavy atom. The standard InChI is InChI=1S/C24H25N3O2/c1-16-24(26-29-25-16)22-11-6-14-27(22)23(28)15-21-19-9-4-2-7-17(19)12-13-18-8-3-5-10-20(18)21/h2-5,7-10,21-22H,6,11-15H2,1H3/t22-/m1/s1. The number of aromatic nitrogens is 2. The van der Waals surface area contributed by atoms with Crippen molar-refractivity contribution in [3.8, 4) is 0 Å². The number of carbonyl (C=O) groups is 1. The summed E-state index contributed by atoms with van der Waals surface area (Å²) in [5.41, 5.74) is 6.88. The zero-order valence-electron chi connectivity index (χ0n) is 16.7. The number of likely N-dealkylation sites (tertiary alicyclic amines) is 1. The van der Waals surface area contributed by atoms with E-state index in [4.69, 9.17) is 4.63 Å². The summed E-state index contributed by atoms with van der Waals surface area (Å²) in [6.07, 6.45) is 4.43. The van der Waals surface area contributed by atoms with Crippen molar-refractivity contribution in [2.45, 2.75) is 51.0 Å². The SMILES string of the molecule is Cc1nonc1[C@H]1CCCN1C(=O)CC1c2ccccc2CCc2ccccc21. The van der Waals surface area contributed by atoms with Crippen LogP contribution >= 0.6 is 0 Å². The lowest BCUT2D eigenvalue weighted by Crippen LogP contribution is -2.32. The second kappa shape index (κ2) is 7.47. The van der Waals surface area contributed by atoms with Gasteiger partial charge in [-0.2, -0.15) is 0 Å². The molecule has 0 unspecified atom stereocenters. The fraction of sp³-hybridized carbons (Fsp3) is 0.375. The maximum Gasteiger partial charge on any atom is 0.224 e. The van der Waals surface area contributed by atoms with E-state index in [9.17, 15) is 4.79 Å². The lowest BCUT2D eigenvalue weighted by molar-refractivity contribution is -0.132. The molecule has 1 saturated heterocycles. The average molecular weight is 387 g/mol. The maximum absolute atomic E-state index is 13.5. The van der Waals surface area contributed by atoms with E-state index in [1.54, 1.807) is 0 Å². The highest BCUT2D eigenvalue weighted by Crippen LogP contribution is 2.39. The highest BCUT2D eigenvalue weighted by molar-refractivity contribution is 5.79. The van der Waals surface area contributed by atoms with E-state index in [-0.39, 0.29) is 17.9 Å². The first kappa shape index (κ1) is 18.1. The van der Waals surface area contributed by atoms with Gasteiger partial charge in [-0.15, -0.1) is 0 Å². The van der Waals surface area contributed by atoms with E-state index in [0.717, 1.165) is 43.6 Å². The molecule has 29 heavy (non-hydrogen) atoms. The summed E-state index contributed by atoms with van der Waals surface area (Å²) in [5.74, 6) is 0.279. The molecule has 0 saturated carbocycles. The van der Waals surface area contributed by atoms with Gasteiger partial charge >= 0.3 is 0 Å². The summed E-state index contributed by atoms with van der Waals surface area (Å²) in [7, 11) is 0. The number of fused-ring (bicyclic) bond motifs is 2. The number of carbonyl (C=O) groups excluding carboxylic acids is 1. The third kappa shape index (κ3) is 3.24. The molecule has 5 nitrogen and oxygen atoms in total. The molecular formula is C24H25N3O2. The van der Waals surface area contributed by atoms with Crippen LogP contribution in [0, 0.1) is 6.92 Å². The summed E-state index contributed by atoms with van der Waals surface area (Å²) in [6, 6.07) is 17.2. The van der Waals surface area contributed by atoms with Crippen LogP contribution < -0.4 is 0 Å². The Bertz CT molecular complexity index is 994. The summed E-state index contributed by atoms with van der Waals surface area (Å²) in [5, 5.41) is 8.00. The molecule has 148 valence electrons. The van der Waals surface area contributed by atoms with Gasteiger partial charge in [0.15, 0.2) is 0 Å². The van der Waals surface area contributed by atoms with Crippen LogP contribution in [0.4, 0.5) is 0 Å². The largest absolute Gasteiger partial charge is 0.334 e. The molecule has 0 bridgehead atoms. The van der Waals surface area contributed by atoms with E-state index in [2.05, 4.69) is 58.8 Å². The lowest BCUT2D eigenvalue weighted by atomic mass is 9.85. The van der Waals surface area contributed by atoms with Crippen LogP contribution in [-0.4, -0.2) is 27.7 Å². The number of benzene rings is 2. The van der Waals surface area contributed by atoms with Gasteiger partial charge in [-0.1, -0.05) is 58.8 Å². The van der Waals surface area contributed by atoms with Crippen molar-refractivity contribution in [3.05, 3.63) is 82.2 Å². The van der Waals surface area contributed by atoms with E-state index in [1.807, 2.05) is 11.8 Å². The van der Waals surface area contributed by atoms with E-state index in [1.165, 1.54) is 22.3 Å². The van der Waals surface area contributed by atoms with Crippen molar-refractivity contribution in [1.82, 2.24) is 15.2 Å². The number of nitrogens with zero attached hydrogens (tertiary/aromatic N) is 3. The van der Waals surface area contributed by atoms with Crippen LogP contribution in [0.1, 0.15) is 64.9 Å². The third-order valence-corrected chi connectivity index (χ3v) is 6.48. The average Bonchev–Trinajstić information content (AvgIpc) is 3.36. The summed E-state index contributed by atoms with van der Waals surface area (Å²) in [6.45, 7) is 2.66. The van der Waals surface area contributed by atoms with Gasteiger partial charge in [-0.3, -0.25) is 4.79 Å². The fourth-order valence-corrected chi connectivity index (χ4v) is 5.04. The van der Waals surface area contributed by atoms with Crippen molar-refractivity contribution < 1.29 is 9.42 Å². The van der Waals surface area contributed by atoms with Gasteiger partial charge in [0, 0.05) is 18.9 Å². The van der Waals surface area contributed by atoms with Gasteiger partial charge in [0.05, 0.1) is 6.04 Å². The summed E-state index contributed by atoms with van der Waals surface area (Å²) >= 11 is 0. The van der Waals surface area contributed by atoms with Gasteiger partial charge in [-0.05, 0) is 54.9 Å². The molecule has 2 aliphatic rings. The van der Waals surface area contributed by atoms with E-state index >= 15 is 0 Å². The van der Waals surface area contributed by atoms with Crippen molar-refractivity contribution in [2.24, 2.45) is 0 Å². The monoisotopic (exact) mass is 387 g/mol. The van der Waals surface area contributed by atoms with E-state index in [0.29, 0.717) is 6.42 Å². The highest BCUT2D eigenvalue weighted by Gasteiger charge is 2.35. The van der Waals surface area contributed by atoms with Gasteiger partial charge in [-0.25, -0.2) is 4.63 Å². The molecule has 0 spiro atoms. The number of aryl methyl sites for hydroxylation is 3. The van der Waals surface area contributed by atoms with Crippen LogP contribution in [-0.2, 0) is 17.6 Å². The van der Waals surface area contributed by atoms with Gasteiger partial charge in [0.2, 0.25) is 5.91 Å². The lowest BCUT2D eigenvalue weighted by Gasteiger charge is -2.27. The second-order valence-corrected chi connectivity index (χ2v) is 8.13. The van der Waals surface area contributed by atoms with Crippen LogP contribution in [0.25, 0.3) is 0 Å². The quantitative estimate of drug-likeness (QED) is 0.670. The van der Waals surface area contributed by atoms with Crippen LogP contribution in [0.5, 0.6) is 0 Å². The first-order valence-electron chi connectivity index (χ1n) is 10.5. The molecule has 5 rings (SSSR count). The van der Waals surface area contributed by atoms with E-state index < -0.39 is 0 Å². The number of rotatable bonds is 3.